The number of benzene rings is 1. The molecule has 0 spiro atoms. The van der Waals surface area contributed by atoms with Crippen molar-refractivity contribution in [2.45, 2.75) is 25.3 Å². The molecule has 4 nitrogen and oxygen atoms in total. The van der Waals surface area contributed by atoms with E-state index in [1.807, 2.05) is 4.68 Å². The first-order valence-corrected chi connectivity index (χ1v) is 6.47. The van der Waals surface area contributed by atoms with Crippen molar-refractivity contribution in [3.05, 3.63) is 48.0 Å². The average Bonchev–Trinajstić information content (AvgIpc) is 2.82. The second-order valence-corrected chi connectivity index (χ2v) is 4.92. The van der Waals surface area contributed by atoms with Crippen molar-refractivity contribution in [3.8, 4) is 0 Å². The van der Waals surface area contributed by atoms with Crippen LogP contribution in [-0.2, 0) is 18.4 Å². The van der Waals surface area contributed by atoms with Crippen LogP contribution in [0, 0.1) is 0 Å². The molecule has 0 radical (unpaired) electrons. The predicted octanol–water partition coefficient (Wildman–Crippen LogP) is 1.38. The van der Waals surface area contributed by atoms with E-state index in [-0.39, 0.29) is 5.41 Å². The van der Waals surface area contributed by atoms with E-state index in [1.165, 1.54) is 5.56 Å². The van der Waals surface area contributed by atoms with Gasteiger partial charge in [0.05, 0.1) is 0 Å². The molecule has 1 aliphatic heterocycles. The van der Waals surface area contributed by atoms with E-state index in [2.05, 4.69) is 52.7 Å². The van der Waals surface area contributed by atoms with Crippen LogP contribution < -0.4 is 5.32 Å². The summed E-state index contributed by atoms with van der Waals surface area (Å²) in [5.74, 6) is 1.09. The largest absolute Gasteiger partial charge is 0.315 e. The fourth-order valence-corrected chi connectivity index (χ4v) is 2.64. The standard InChI is InChI=1S/C14H18N4/c1-2-18-13(16-11-17-18)8-14(9-15-10-14)12-6-4-3-5-7-12/h3-7,11,15H,2,8-10H2,1H3. The van der Waals surface area contributed by atoms with Crippen LogP contribution >= 0.6 is 0 Å². The number of hydrogen-bond acceptors (Lipinski definition) is 3. The summed E-state index contributed by atoms with van der Waals surface area (Å²) in [6, 6.07) is 10.7. The van der Waals surface area contributed by atoms with Crippen LogP contribution in [0.5, 0.6) is 0 Å². The Morgan fingerprint density at radius 1 is 1.28 bits per heavy atom. The number of nitrogens with one attached hydrogen (secondary N) is 1. The fraction of sp³-hybridized carbons (Fsp3) is 0.429. The monoisotopic (exact) mass is 242 g/mol. The Hall–Kier alpha value is -1.68. The first-order chi connectivity index (χ1) is 8.84. The van der Waals surface area contributed by atoms with Gasteiger partial charge in [-0.05, 0) is 12.5 Å². The molecule has 0 bridgehead atoms. The maximum atomic E-state index is 4.40. The maximum absolute atomic E-state index is 4.40. The molecule has 0 amide bonds. The van der Waals surface area contributed by atoms with Crippen LogP contribution in [0.15, 0.2) is 36.7 Å². The molecular weight excluding hydrogens is 224 g/mol. The minimum atomic E-state index is 0.196. The lowest BCUT2D eigenvalue weighted by Gasteiger charge is -2.43. The molecule has 1 fully saturated rings. The molecule has 18 heavy (non-hydrogen) atoms. The number of aromatic nitrogens is 3. The summed E-state index contributed by atoms with van der Waals surface area (Å²) in [6.07, 6.45) is 2.61. The van der Waals surface area contributed by atoms with Crippen LogP contribution in [0.3, 0.4) is 0 Å². The Morgan fingerprint density at radius 2 is 2.06 bits per heavy atom. The minimum absolute atomic E-state index is 0.196. The van der Waals surface area contributed by atoms with E-state index in [0.29, 0.717) is 0 Å². The zero-order valence-corrected chi connectivity index (χ0v) is 10.6. The normalized spacial score (nSPS) is 17.4. The summed E-state index contributed by atoms with van der Waals surface area (Å²) >= 11 is 0. The van der Waals surface area contributed by atoms with Crippen molar-refractivity contribution in [1.82, 2.24) is 20.1 Å². The highest BCUT2D eigenvalue weighted by atomic mass is 15.3. The minimum Gasteiger partial charge on any atom is -0.315 e. The van der Waals surface area contributed by atoms with Crippen molar-refractivity contribution < 1.29 is 0 Å². The molecule has 94 valence electrons. The number of aryl methyl sites for hydroxylation is 1. The van der Waals surface area contributed by atoms with Crippen molar-refractivity contribution >= 4 is 0 Å². The van der Waals surface area contributed by atoms with Gasteiger partial charge in [0.15, 0.2) is 0 Å². The molecule has 0 unspecified atom stereocenters. The van der Waals surface area contributed by atoms with Gasteiger partial charge < -0.3 is 5.32 Å². The van der Waals surface area contributed by atoms with Crippen LogP contribution in [0.4, 0.5) is 0 Å². The van der Waals surface area contributed by atoms with Crippen LogP contribution in [0.2, 0.25) is 0 Å². The maximum Gasteiger partial charge on any atom is 0.138 e. The number of hydrogen-bond donors (Lipinski definition) is 1. The highest BCUT2D eigenvalue weighted by molar-refractivity contribution is 5.31. The lowest BCUT2D eigenvalue weighted by Crippen LogP contribution is -2.58. The summed E-state index contributed by atoms with van der Waals surface area (Å²) < 4.78 is 1.99. The van der Waals surface area contributed by atoms with Gasteiger partial charge in [0.25, 0.3) is 0 Å². The highest BCUT2D eigenvalue weighted by Gasteiger charge is 2.39. The molecule has 1 N–H and O–H groups in total. The number of rotatable bonds is 4. The molecule has 0 atom stereocenters. The predicted molar refractivity (Wildman–Crippen MR) is 70.4 cm³/mol. The highest BCUT2D eigenvalue weighted by Crippen LogP contribution is 2.31. The van der Waals surface area contributed by atoms with Crippen LogP contribution in [0.1, 0.15) is 18.3 Å². The van der Waals surface area contributed by atoms with Gasteiger partial charge in [-0.3, -0.25) is 4.68 Å². The summed E-state index contributed by atoms with van der Waals surface area (Å²) in [5, 5.41) is 7.65. The van der Waals surface area contributed by atoms with Crippen molar-refractivity contribution in [3.63, 3.8) is 0 Å². The summed E-state index contributed by atoms with van der Waals surface area (Å²) in [7, 11) is 0. The van der Waals surface area contributed by atoms with Gasteiger partial charge in [0, 0.05) is 31.5 Å². The quantitative estimate of drug-likeness (QED) is 0.881. The fourth-order valence-electron chi connectivity index (χ4n) is 2.64. The molecule has 1 aromatic heterocycles. The Balaban J connectivity index is 1.89. The van der Waals surface area contributed by atoms with Gasteiger partial charge in [-0.15, -0.1) is 0 Å². The van der Waals surface area contributed by atoms with Crippen LogP contribution in [-0.4, -0.2) is 27.9 Å². The van der Waals surface area contributed by atoms with Crippen molar-refractivity contribution in [1.29, 1.82) is 0 Å². The van der Waals surface area contributed by atoms with E-state index in [0.717, 1.165) is 31.9 Å². The Kier molecular flexibility index (Phi) is 2.88. The summed E-state index contributed by atoms with van der Waals surface area (Å²) in [6.45, 7) is 5.03. The van der Waals surface area contributed by atoms with Gasteiger partial charge in [-0.1, -0.05) is 30.3 Å². The topological polar surface area (TPSA) is 42.7 Å². The molecule has 1 saturated heterocycles. The Morgan fingerprint density at radius 3 is 2.67 bits per heavy atom. The van der Waals surface area contributed by atoms with Gasteiger partial charge in [-0.25, -0.2) is 4.98 Å². The SMILES string of the molecule is CCn1ncnc1CC1(c2ccccc2)CNC1. The third kappa shape index (κ3) is 1.82. The third-order valence-corrected chi connectivity index (χ3v) is 3.80. The molecular formula is C14H18N4. The smallest absolute Gasteiger partial charge is 0.138 e. The zero-order valence-electron chi connectivity index (χ0n) is 10.6. The average molecular weight is 242 g/mol. The first-order valence-electron chi connectivity index (χ1n) is 6.47. The van der Waals surface area contributed by atoms with Gasteiger partial charge >= 0.3 is 0 Å². The van der Waals surface area contributed by atoms with E-state index in [4.69, 9.17) is 0 Å². The molecule has 0 aliphatic carbocycles. The Labute approximate surface area is 107 Å². The second kappa shape index (κ2) is 4.53. The van der Waals surface area contributed by atoms with E-state index in [9.17, 15) is 0 Å². The molecule has 2 heterocycles. The lowest BCUT2D eigenvalue weighted by atomic mass is 9.72. The molecule has 0 saturated carbocycles. The molecule has 1 aliphatic rings. The Bertz CT molecular complexity index is 514. The number of nitrogens with zero attached hydrogens (tertiary/aromatic N) is 3. The van der Waals surface area contributed by atoms with Crippen molar-refractivity contribution in [2.75, 3.05) is 13.1 Å². The molecule has 3 rings (SSSR count). The van der Waals surface area contributed by atoms with E-state index >= 15 is 0 Å². The molecule has 1 aromatic carbocycles. The molecule has 4 heteroatoms. The zero-order chi connectivity index (χ0) is 12.4. The van der Waals surface area contributed by atoms with Gasteiger partial charge in [-0.2, -0.15) is 5.10 Å². The van der Waals surface area contributed by atoms with Gasteiger partial charge in [0.2, 0.25) is 0 Å². The van der Waals surface area contributed by atoms with Gasteiger partial charge in [0.1, 0.15) is 12.2 Å². The van der Waals surface area contributed by atoms with E-state index < -0.39 is 0 Å². The van der Waals surface area contributed by atoms with Crippen molar-refractivity contribution in [2.24, 2.45) is 0 Å². The lowest BCUT2D eigenvalue weighted by molar-refractivity contribution is 0.266. The summed E-state index contributed by atoms with van der Waals surface area (Å²) in [5.41, 5.74) is 1.59. The third-order valence-electron chi connectivity index (χ3n) is 3.80. The molecule has 2 aromatic rings. The van der Waals surface area contributed by atoms with E-state index in [1.54, 1.807) is 6.33 Å². The summed E-state index contributed by atoms with van der Waals surface area (Å²) in [4.78, 5) is 4.40. The second-order valence-electron chi connectivity index (χ2n) is 4.92. The van der Waals surface area contributed by atoms with Crippen LogP contribution in [0.25, 0.3) is 0 Å². The first kappa shape index (κ1) is 11.4.